The van der Waals surface area contributed by atoms with Crippen molar-refractivity contribution in [1.82, 2.24) is 0 Å². The van der Waals surface area contributed by atoms with Gasteiger partial charge in [0.05, 0.1) is 26.4 Å². The molecule has 3 unspecified atom stereocenters. The molecule has 0 saturated carbocycles. The van der Waals surface area contributed by atoms with Gasteiger partial charge >= 0.3 is 39.5 Å². The van der Waals surface area contributed by atoms with Crippen LogP contribution in [0.4, 0.5) is 0 Å². The number of hydrogen-bond donors (Lipinski definition) is 3. The van der Waals surface area contributed by atoms with Crippen LogP contribution in [0.2, 0.25) is 0 Å². The third-order valence-corrected chi connectivity index (χ3v) is 20.0. The van der Waals surface area contributed by atoms with E-state index in [0.29, 0.717) is 25.7 Å². The molecule has 0 saturated heterocycles. The molecule has 19 heteroatoms. The Morgan fingerprint density at radius 2 is 0.537 bits per heavy atom. The average Bonchev–Trinajstić information content (AvgIpc) is 1.41. The minimum absolute atomic E-state index is 0.105. The van der Waals surface area contributed by atoms with E-state index in [2.05, 4.69) is 41.5 Å². The van der Waals surface area contributed by atoms with Gasteiger partial charge in [0.25, 0.3) is 0 Å². The summed E-state index contributed by atoms with van der Waals surface area (Å²) < 4.78 is 68.5. The van der Waals surface area contributed by atoms with Crippen molar-refractivity contribution >= 4 is 39.5 Å². The number of carbonyl (C=O) groups is 4. The number of ether oxygens (including phenoxy) is 4. The molecule has 0 aliphatic carbocycles. The van der Waals surface area contributed by atoms with E-state index >= 15 is 0 Å². The second-order valence-electron chi connectivity index (χ2n) is 28.1. The van der Waals surface area contributed by atoms with Crippen LogP contribution in [0.5, 0.6) is 0 Å². The number of carbonyl (C=O) groups excluding carboxylic acids is 4. The van der Waals surface area contributed by atoms with Gasteiger partial charge in [0.1, 0.15) is 19.3 Å². The predicted molar refractivity (Wildman–Crippen MR) is 386 cm³/mol. The Labute approximate surface area is 581 Å². The summed E-state index contributed by atoms with van der Waals surface area (Å²) in [5.41, 5.74) is 0. The molecule has 0 aromatic rings. The average molecular weight is 1400 g/mol. The molecule has 0 bridgehead atoms. The molecule has 0 amide bonds. The van der Waals surface area contributed by atoms with E-state index in [4.69, 9.17) is 37.0 Å². The Balaban J connectivity index is 5.25. The van der Waals surface area contributed by atoms with Gasteiger partial charge in [-0.2, -0.15) is 0 Å². The maximum absolute atomic E-state index is 13.1. The fraction of sp³-hybridized carbons (Fsp3) is 0.947. The normalized spacial score (nSPS) is 14.3. The monoisotopic (exact) mass is 1400 g/mol. The first-order chi connectivity index (χ1) is 45.9. The summed E-state index contributed by atoms with van der Waals surface area (Å²) in [5.74, 6) is -0.550. The molecule has 0 aromatic heterocycles. The lowest BCUT2D eigenvalue weighted by Crippen LogP contribution is -2.30. The van der Waals surface area contributed by atoms with Gasteiger partial charge in [-0.3, -0.25) is 37.3 Å². The molecule has 0 heterocycles. The first-order valence-corrected chi connectivity index (χ1v) is 42.5. The first kappa shape index (κ1) is 93.1. The third kappa shape index (κ3) is 69.0. The molecule has 6 atom stereocenters. The van der Waals surface area contributed by atoms with E-state index in [9.17, 15) is 43.2 Å². The Kier molecular flexibility index (Phi) is 66.5. The molecule has 0 radical (unpaired) electrons. The summed E-state index contributed by atoms with van der Waals surface area (Å²) in [5, 5.41) is 10.6. The topological polar surface area (TPSA) is 237 Å². The van der Waals surface area contributed by atoms with Crippen molar-refractivity contribution in [3.05, 3.63) is 0 Å². The lowest BCUT2D eigenvalue weighted by molar-refractivity contribution is -0.161. The minimum Gasteiger partial charge on any atom is -0.462 e. The van der Waals surface area contributed by atoms with Gasteiger partial charge in [-0.05, 0) is 37.5 Å². The van der Waals surface area contributed by atoms with Gasteiger partial charge in [0, 0.05) is 25.7 Å². The zero-order valence-electron chi connectivity index (χ0n) is 62.0. The van der Waals surface area contributed by atoms with Gasteiger partial charge in [-0.1, -0.05) is 343 Å². The van der Waals surface area contributed by atoms with E-state index in [-0.39, 0.29) is 25.7 Å². The fourth-order valence-electron chi connectivity index (χ4n) is 11.6. The summed E-state index contributed by atoms with van der Waals surface area (Å²) >= 11 is 0. The molecule has 3 N–H and O–H groups in total. The number of unbranched alkanes of at least 4 members (excludes halogenated alkanes) is 44. The Hall–Kier alpha value is -1.94. The van der Waals surface area contributed by atoms with Gasteiger partial charge in [0.15, 0.2) is 12.2 Å². The highest BCUT2D eigenvalue weighted by atomic mass is 31.2. The number of aliphatic hydroxyl groups is 1. The fourth-order valence-corrected chi connectivity index (χ4v) is 13.2. The smallest absolute Gasteiger partial charge is 0.462 e. The second-order valence-corrected chi connectivity index (χ2v) is 31.0. The number of phosphoric acid groups is 2. The highest BCUT2D eigenvalue weighted by Crippen LogP contribution is 2.45. The van der Waals surface area contributed by atoms with Crippen molar-refractivity contribution in [2.24, 2.45) is 11.8 Å². The van der Waals surface area contributed by atoms with Gasteiger partial charge in [0.2, 0.25) is 0 Å². The molecule has 0 rings (SSSR count). The molecular weight excluding hydrogens is 1250 g/mol. The minimum atomic E-state index is -4.96. The van der Waals surface area contributed by atoms with Crippen LogP contribution in [0.1, 0.15) is 395 Å². The standard InChI is InChI=1S/C76H148O17P2/c1-7-10-12-14-16-18-20-21-22-26-30-34-41-47-53-59-74(79)87-64-71(92-75(80)60-54-48-42-35-31-27-24-23-25-29-32-38-44-50-56-68(4)5)66-90-94(82,83)88-62-70(77)63-89-95(84,85)91-67-72(65-86-73(78)58-52-46-40-33-28-19-17-15-13-11-8-2)93-76(81)61-55-49-43-37-36-39-45-51-57-69(6)9-3/h68-72,77H,7-67H2,1-6H3,(H,82,83)(H,84,85)/t69?,70-,71-,72-/m1/s1. The highest BCUT2D eigenvalue weighted by Gasteiger charge is 2.30. The lowest BCUT2D eigenvalue weighted by Gasteiger charge is -2.21. The van der Waals surface area contributed by atoms with Gasteiger partial charge in [-0.25, -0.2) is 9.13 Å². The SMILES string of the molecule is CCCCCCCCCCCCCCCCCC(=O)OC[C@H](COP(=O)(O)OC[C@@H](O)COP(=O)(O)OC[C@@H](COC(=O)CCCCCCCCCCCCC)OC(=O)CCCCCCCCCCC(C)CC)OC(=O)CCCCCCCCCCCCCCCCC(C)C. The molecule has 95 heavy (non-hydrogen) atoms. The summed E-state index contributed by atoms with van der Waals surface area (Å²) in [7, 11) is -9.91. The van der Waals surface area contributed by atoms with E-state index < -0.39 is 97.5 Å². The van der Waals surface area contributed by atoms with E-state index in [1.165, 1.54) is 212 Å². The van der Waals surface area contributed by atoms with Crippen LogP contribution >= 0.6 is 15.6 Å². The quantitative estimate of drug-likeness (QED) is 0.0222. The summed E-state index contributed by atoms with van der Waals surface area (Å²) in [6.07, 6.45) is 55.3. The first-order valence-electron chi connectivity index (χ1n) is 39.5. The zero-order chi connectivity index (χ0) is 70.0. The zero-order valence-corrected chi connectivity index (χ0v) is 63.8. The number of esters is 4. The molecule has 564 valence electrons. The van der Waals surface area contributed by atoms with E-state index in [1.807, 2.05) is 0 Å². The van der Waals surface area contributed by atoms with Crippen LogP contribution < -0.4 is 0 Å². The van der Waals surface area contributed by atoms with Crippen LogP contribution in [0.25, 0.3) is 0 Å². The number of hydrogen-bond acceptors (Lipinski definition) is 15. The summed E-state index contributed by atoms with van der Waals surface area (Å²) in [6, 6.07) is 0. The van der Waals surface area contributed by atoms with Crippen molar-refractivity contribution < 1.29 is 80.2 Å². The predicted octanol–water partition coefficient (Wildman–Crippen LogP) is 22.3. The Morgan fingerprint density at radius 3 is 0.800 bits per heavy atom. The lowest BCUT2D eigenvalue weighted by atomic mass is 9.99. The molecule has 0 aliphatic heterocycles. The van der Waals surface area contributed by atoms with Crippen molar-refractivity contribution in [1.29, 1.82) is 0 Å². The van der Waals surface area contributed by atoms with Gasteiger partial charge < -0.3 is 33.8 Å². The van der Waals surface area contributed by atoms with Crippen LogP contribution in [-0.2, 0) is 65.4 Å². The number of rotatable bonds is 75. The van der Waals surface area contributed by atoms with Crippen molar-refractivity contribution in [3.63, 3.8) is 0 Å². The van der Waals surface area contributed by atoms with Crippen molar-refractivity contribution in [2.75, 3.05) is 39.6 Å². The summed E-state index contributed by atoms with van der Waals surface area (Å²) in [4.78, 5) is 72.8. The second kappa shape index (κ2) is 67.9. The molecular formula is C76H148O17P2. The highest BCUT2D eigenvalue weighted by molar-refractivity contribution is 7.47. The van der Waals surface area contributed by atoms with Gasteiger partial charge in [-0.15, -0.1) is 0 Å². The third-order valence-electron chi connectivity index (χ3n) is 18.1. The molecule has 0 aromatic carbocycles. The van der Waals surface area contributed by atoms with E-state index in [0.717, 1.165) is 102 Å². The number of aliphatic hydroxyl groups excluding tert-OH is 1. The van der Waals surface area contributed by atoms with Crippen LogP contribution in [-0.4, -0.2) is 96.7 Å². The van der Waals surface area contributed by atoms with Crippen molar-refractivity contribution in [2.45, 2.75) is 413 Å². The molecule has 0 fully saturated rings. The maximum Gasteiger partial charge on any atom is 0.472 e. The van der Waals surface area contributed by atoms with E-state index in [1.54, 1.807) is 0 Å². The van der Waals surface area contributed by atoms with Crippen LogP contribution in [0, 0.1) is 11.8 Å². The Morgan fingerprint density at radius 1 is 0.305 bits per heavy atom. The maximum atomic E-state index is 13.1. The van der Waals surface area contributed by atoms with Crippen LogP contribution in [0.15, 0.2) is 0 Å². The van der Waals surface area contributed by atoms with Crippen molar-refractivity contribution in [3.8, 4) is 0 Å². The van der Waals surface area contributed by atoms with Crippen LogP contribution in [0.3, 0.4) is 0 Å². The summed E-state index contributed by atoms with van der Waals surface area (Å²) in [6.45, 7) is 9.62. The molecule has 17 nitrogen and oxygen atoms in total. The number of phosphoric ester groups is 2. The molecule has 0 aliphatic rings. The largest absolute Gasteiger partial charge is 0.472 e. The molecule has 0 spiro atoms. The Bertz CT molecular complexity index is 1840.